The Hall–Kier alpha value is -2.03. The van der Waals surface area contributed by atoms with E-state index in [0.29, 0.717) is 38.4 Å². The molecule has 0 spiro atoms. The monoisotopic (exact) mass is 365 g/mol. The SMILES string of the molecule is Cc1ccc(O)c(CN2CCN(S(=O)(=O)c3ccc(F)cc3)CC2)n1. The van der Waals surface area contributed by atoms with Crippen molar-refractivity contribution in [3.8, 4) is 5.75 Å². The predicted molar refractivity (Wildman–Crippen MR) is 91.1 cm³/mol. The molecule has 6 nitrogen and oxygen atoms in total. The molecular weight excluding hydrogens is 345 g/mol. The van der Waals surface area contributed by atoms with Crippen LogP contribution in [0.4, 0.5) is 4.39 Å². The van der Waals surface area contributed by atoms with E-state index in [-0.39, 0.29) is 10.6 Å². The van der Waals surface area contributed by atoms with Crippen LogP contribution in [0.2, 0.25) is 0 Å². The van der Waals surface area contributed by atoms with Gasteiger partial charge in [0, 0.05) is 38.4 Å². The molecule has 0 amide bonds. The highest BCUT2D eigenvalue weighted by molar-refractivity contribution is 7.89. The first-order valence-electron chi connectivity index (χ1n) is 8.00. The molecule has 8 heteroatoms. The van der Waals surface area contributed by atoms with E-state index in [9.17, 15) is 17.9 Å². The van der Waals surface area contributed by atoms with Crippen LogP contribution in [0.3, 0.4) is 0 Å². The lowest BCUT2D eigenvalue weighted by molar-refractivity contribution is 0.178. The Labute approximate surface area is 146 Å². The van der Waals surface area contributed by atoms with E-state index in [2.05, 4.69) is 9.88 Å². The van der Waals surface area contributed by atoms with Gasteiger partial charge >= 0.3 is 0 Å². The van der Waals surface area contributed by atoms with Crippen LogP contribution in [-0.2, 0) is 16.6 Å². The van der Waals surface area contributed by atoms with Crippen LogP contribution in [0.25, 0.3) is 0 Å². The Morgan fingerprint density at radius 2 is 1.72 bits per heavy atom. The summed E-state index contributed by atoms with van der Waals surface area (Å²) >= 11 is 0. The maximum atomic E-state index is 13.0. The highest BCUT2D eigenvalue weighted by Gasteiger charge is 2.28. The van der Waals surface area contributed by atoms with Gasteiger partial charge in [0.05, 0.1) is 10.6 Å². The average molecular weight is 365 g/mol. The summed E-state index contributed by atoms with van der Waals surface area (Å²) in [5, 5.41) is 9.89. The summed E-state index contributed by atoms with van der Waals surface area (Å²) < 4.78 is 39.6. The Balaban J connectivity index is 1.65. The number of aryl methyl sites for hydroxylation is 1. The number of benzene rings is 1. The van der Waals surface area contributed by atoms with E-state index in [4.69, 9.17) is 0 Å². The van der Waals surface area contributed by atoms with E-state index in [0.717, 1.165) is 17.8 Å². The van der Waals surface area contributed by atoms with E-state index in [1.807, 2.05) is 6.92 Å². The first-order valence-corrected chi connectivity index (χ1v) is 9.44. The van der Waals surface area contributed by atoms with Crippen LogP contribution >= 0.6 is 0 Å². The Kier molecular flexibility index (Phi) is 5.03. The average Bonchev–Trinajstić information content (AvgIpc) is 2.59. The molecule has 1 aliphatic heterocycles. The first kappa shape index (κ1) is 17.8. The molecular formula is C17H20FN3O3S. The zero-order valence-electron chi connectivity index (χ0n) is 13.9. The normalized spacial score (nSPS) is 16.9. The third kappa shape index (κ3) is 3.97. The maximum absolute atomic E-state index is 13.0. The van der Waals surface area contributed by atoms with Crippen molar-refractivity contribution in [2.45, 2.75) is 18.4 Å². The predicted octanol–water partition coefficient (Wildman–Crippen LogP) is 1.74. The molecule has 2 heterocycles. The Bertz CT molecular complexity index is 848. The van der Waals surface area contributed by atoms with Crippen molar-refractivity contribution in [3.63, 3.8) is 0 Å². The number of rotatable bonds is 4. The topological polar surface area (TPSA) is 73.7 Å². The summed E-state index contributed by atoms with van der Waals surface area (Å²) in [6.07, 6.45) is 0. The summed E-state index contributed by atoms with van der Waals surface area (Å²) in [6.45, 7) is 4.08. The molecule has 0 saturated carbocycles. The lowest BCUT2D eigenvalue weighted by Crippen LogP contribution is -2.48. The van der Waals surface area contributed by atoms with Crippen molar-refractivity contribution in [3.05, 3.63) is 53.6 Å². The standard InChI is InChI=1S/C17H20FN3O3S/c1-13-2-7-17(22)16(19-13)12-20-8-10-21(11-9-20)25(23,24)15-5-3-14(18)4-6-15/h2-7,22H,8-12H2,1H3. The lowest BCUT2D eigenvalue weighted by Gasteiger charge is -2.33. The van der Waals surface area contributed by atoms with Crippen LogP contribution < -0.4 is 0 Å². The van der Waals surface area contributed by atoms with Crippen molar-refractivity contribution in [2.75, 3.05) is 26.2 Å². The van der Waals surface area contributed by atoms with Crippen LogP contribution in [0.15, 0.2) is 41.3 Å². The second kappa shape index (κ2) is 7.07. The number of halogens is 1. The van der Waals surface area contributed by atoms with Gasteiger partial charge in [-0.3, -0.25) is 9.88 Å². The van der Waals surface area contributed by atoms with Gasteiger partial charge in [-0.25, -0.2) is 12.8 Å². The highest BCUT2D eigenvalue weighted by atomic mass is 32.2. The smallest absolute Gasteiger partial charge is 0.243 e. The first-order chi connectivity index (χ1) is 11.9. The van der Waals surface area contributed by atoms with E-state index >= 15 is 0 Å². The Morgan fingerprint density at radius 3 is 2.36 bits per heavy atom. The molecule has 1 aromatic heterocycles. The van der Waals surface area contributed by atoms with Crippen LogP contribution in [-0.4, -0.2) is 53.9 Å². The number of hydrogen-bond acceptors (Lipinski definition) is 5. The van der Waals surface area contributed by atoms with Gasteiger partial charge in [0.1, 0.15) is 11.6 Å². The molecule has 2 aromatic rings. The highest BCUT2D eigenvalue weighted by Crippen LogP contribution is 2.21. The summed E-state index contributed by atoms with van der Waals surface area (Å²) in [7, 11) is -3.61. The molecule has 1 N–H and O–H groups in total. The molecule has 0 bridgehead atoms. The molecule has 1 fully saturated rings. The summed E-state index contributed by atoms with van der Waals surface area (Å²) in [5.74, 6) is -0.318. The number of sulfonamides is 1. The fourth-order valence-electron chi connectivity index (χ4n) is 2.81. The number of pyridine rings is 1. The minimum atomic E-state index is -3.61. The van der Waals surface area contributed by atoms with Crippen LogP contribution in [0.5, 0.6) is 5.75 Å². The molecule has 0 unspecified atom stereocenters. The number of aromatic hydroxyl groups is 1. The molecule has 1 aromatic carbocycles. The fraction of sp³-hybridized carbons (Fsp3) is 0.353. The number of hydrogen-bond donors (Lipinski definition) is 1. The van der Waals surface area contributed by atoms with Gasteiger partial charge in [-0.2, -0.15) is 4.31 Å². The fourth-order valence-corrected chi connectivity index (χ4v) is 4.24. The molecule has 0 aliphatic carbocycles. The van der Waals surface area contributed by atoms with Gasteiger partial charge in [0.25, 0.3) is 0 Å². The third-order valence-corrected chi connectivity index (χ3v) is 6.16. The second-order valence-corrected chi connectivity index (χ2v) is 7.99. The Morgan fingerprint density at radius 1 is 1.08 bits per heavy atom. The quantitative estimate of drug-likeness (QED) is 0.893. The number of piperazine rings is 1. The van der Waals surface area contributed by atoms with Gasteiger partial charge in [-0.05, 0) is 43.3 Å². The van der Waals surface area contributed by atoms with Crippen molar-refractivity contribution in [1.29, 1.82) is 0 Å². The third-order valence-electron chi connectivity index (χ3n) is 4.25. The number of aromatic nitrogens is 1. The van der Waals surface area contributed by atoms with Crippen molar-refractivity contribution < 1.29 is 17.9 Å². The van der Waals surface area contributed by atoms with Crippen molar-refractivity contribution >= 4 is 10.0 Å². The maximum Gasteiger partial charge on any atom is 0.243 e. The number of nitrogens with zero attached hydrogens (tertiary/aromatic N) is 3. The van der Waals surface area contributed by atoms with E-state index in [1.165, 1.54) is 16.4 Å². The minimum absolute atomic E-state index is 0.0975. The molecule has 0 atom stereocenters. The van der Waals surface area contributed by atoms with Crippen molar-refractivity contribution in [2.24, 2.45) is 0 Å². The molecule has 134 valence electrons. The molecule has 0 radical (unpaired) electrons. The van der Waals surface area contributed by atoms with Gasteiger partial charge in [0.15, 0.2) is 0 Å². The van der Waals surface area contributed by atoms with Gasteiger partial charge in [-0.1, -0.05) is 0 Å². The summed E-state index contributed by atoms with van der Waals surface area (Å²) in [5.41, 5.74) is 1.42. The van der Waals surface area contributed by atoms with E-state index in [1.54, 1.807) is 12.1 Å². The van der Waals surface area contributed by atoms with E-state index < -0.39 is 15.8 Å². The molecule has 1 saturated heterocycles. The van der Waals surface area contributed by atoms with Gasteiger partial charge in [0.2, 0.25) is 10.0 Å². The second-order valence-electron chi connectivity index (χ2n) is 6.05. The minimum Gasteiger partial charge on any atom is -0.506 e. The zero-order chi connectivity index (χ0) is 18.0. The zero-order valence-corrected chi connectivity index (χ0v) is 14.7. The summed E-state index contributed by atoms with van der Waals surface area (Å²) in [4.78, 5) is 6.48. The lowest BCUT2D eigenvalue weighted by atomic mass is 10.2. The molecule has 1 aliphatic rings. The van der Waals surface area contributed by atoms with Gasteiger partial charge < -0.3 is 5.11 Å². The summed E-state index contributed by atoms with van der Waals surface area (Å²) in [6, 6.07) is 8.22. The van der Waals surface area contributed by atoms with Gasteiger partial charge in [-0.15, -0.1) is 0 Å². The molecule has 25 heavy (non-hydrogen) atoms. The van der Waals surface area contributed by atoms with Crippen molar-refractivity contribution in [1.82, 2.24) is 14.2 Å². The van der Waals surface area contributed by atoms with Crippen LogP contribution in [0, 0.1) is 12.7 Å². The largest absolute Gasteiger partial charge is 0.506 e. The molecule has 3 rings (SSSR count). The van der Waals surface area contributed by atoms with Crippen LogP contribution in [0.1, 0.15) is 11.4 Å².